The van der Waals surface area contributed by atoms with Crippen LogP contribution in [0, 0.1) is 0 Å². The molecule has 2 rings (SSSR count). The Hall–Kier alpha value is -1.36. The molecule has 2 N–H and O–H groups in total. The van der Waals surface area contributed by atoms with Crippen molar-refractivity contribution >= 4 is 5.91 Å². The Balaban J connectivity index is 2.36. The van der Waals surface area contributed by atoms with Crippen LogP contribution < -0.4 is 5.73 Å². The lowest BCUT2D eigenvalue weighted by Gasteiger charge is -2.24. The second-order valence-electron chi connectivity index (χ2n) is 4.60. The van der Waals surface area contributed by atoms with E-state index in [4.69, 9.17) is 5.73 Å². The van der Waals surface area contributed by atoms with Crippen LogP contribution in [0.4, 0.5) is 0 Å². The minimum absolute atomic E-state index is 0.0927. The van der Waals surface area contributed by atoms with Crippen LogP contribution in [0.15, 0.2) is 12.4 Å². The molecule has 0 radical (unpaired) electrons. The number of likely N-dealkylation sites (N-methyl/N-ethyl adjacent to an activating group) is 1. The zero-order valence-corrected chi connectivity index (χ0v) is 9.92. The molecule has 1 aliphatic heterocycles. The van der Waals surface area contributed by atoms with Crippen LogP contribution in [-0.2, 0) is 4.79 Å². The fourth-order valence-corrected chi connectivity index (χ4v) is 2.25. The van der Waals surface area contributed by atoms with Gasteiger partial charge in [0.1, 0.15) is 11.9 Å². The van der Waals surface area contributed by atoms with Gasteiger partial charge in [-0.2, -0.15) is 0 Å². The van der Waals surface area contributed by atoms with E-state index in [0.29, 0.717) is 12.5 Å². The van der Waals surface area contributed by atoms with Crippen LogP contribution in [-0.4, -0.2) is 33.4 Å². The van der Waals surface area contributed by atoms with Gasteiger partial charge in [0.25, 0.3) is 0 Å². The van der Waals surface area contributed by atoms with Gasteiger partial charge in [-0.1, -0.05) is 0 Å². The summed E-state index contributed by atoms with van der Waals surface area (Å²) in [7, 11) is 1.79. The third-order valence-electron chi connectivity index (χ3n) is 3.15. The van der Waals surface area contributed by atoms with Gasteiger partial charge < -0.3 is 15.2 Å². The quantitative estimate of drug-likeness (QED) is 0.801. The van der Waals surface area contributed by atoms with Gasteiger partial charge in [0, 0.05) is 37.9 Å². The Morgan fingerprint density at radius 3 is 2.75 bits per heavy atom. The van der Waals surface area contributed by atoms with Gasteiger partial charge in [-0.05, 0) is 13.8 Å². The molecule has 5 heteroatoms. The van der Waals surface area contributed by atoms with Gasteiger partial charge in [0.2, 0.25) is 5.91 Å². The molecule has 16 heavy (non-hydrogen) atoms. The Labute approximate surface area is 95.2 Å². The van der Waals surface area contributed by atoms with Crippen molar-refractivity contribution in [2.24, 2.45) is 5.73 Å². The summed E-state index contributed by atoms with van der Waals surface area (Å²) < 4.78 is 2.07. The van der Waals surface area contributed by atoms with Crippen molar-refractivity contribution in [3.8, 4) is 0 Å². The molecule has 0 aliphatic carbocycles. The fraction of sp³-hybridized carbons (Fsp3) is 0.636. The highest BCUT2D eigenvalue weighted by Crippen LogP contribution is 2.30. The number of nitrogens with two attached hydrogens (primary N) is 1. The van der Waals surface area contributed by atoms with Crippen LogP contribution in [0.25, 0.3) is 0 Å². The number of hydrogen-bond acceptors (Lipinski definition) is 3. The van der Waals surface area contributed by atoms with Crippen molar-refractivity contribution in [1.82, 2.24) is 14.5 Å². The summed E-state index contributed by atoms with van der Waals surface area (Å²) >= 11 is 0. The Morgan fingerprint density at radius 1 is 1.56 bits per heavy atom. The van der Waals surface area contributed by atoms with E-state index in [0.717, 1.165) is 5.82 Å². The van der Waals surface area contributed by atoms with E-state index in [9.17, 15) is 4.79 Å². The number of carbonyl (C=O) groups is 1. The summed E-state index contributed by atoms with van der Waals surface area (Å²) in [4.78, 5) is 17.6. The van der Waals surface area contributed by atoms with Gasteiger partial charge in [-0.15, -0.1) is 0 Å². The molecule has 2 atom stereocenters. The lowest BCUT2D eigenvalue weighted by Crippen LogP contribution is -2.32. The van der Waals surface area contributed by atoms with Crippen LogP contribution in [0.5, 0.6) is 0 Å². The molecule has 1 aliphatic rings. The number of hydrogen-bond donors (Lipinski definition) is 1. The number of carbonyl (C=O) groups excluding carboxylic acids is 1. The van der Waals surface area contributed by atoms with E-state index in [1.165, 1.54) is 0 Å². The summed E-state index contributed by atoms with van der Waals surface area (Å²) in [6.07, 6.45) is 4.11. The number of likely N-dealkylation sites (tertiary alicyclic amines) is 1. The van der Waals surface area contributed by atoms with Gasteiger partial charge in [-0.3, -0.25) is 4.79 Å². The molecule has 1 aromatic heterocycles. The van der Waals surface area contributed by atoms with E-state index < -0.39 is 0 Å². The number of nitrogens with zero attached hydrogens (tertiary/aromatic N) is 3. The highest BCUT2D eigenvalue weighted by molar-refractivity contribution is 5.79. The summed E-state index contributed by atoms with van der Waals surface area (Å²) in [5, 5.41) is 0. The number of aromatic nitrogens is 2. The topological polar surface area (TPSA) is 64.2 Å². The molecule has 0 bridgehead atoms. The van der Waals surface area contributed by atoms with E-state index >= 15 is 0 Å². The van der Waals surface area contributed by atoms with Crippen molar-refractivity contribution in [3.63, 3.8) is 0 Å². The monoisotopic (exact) mass is 222 g/mol. The predicted molar refractivity (Wildman–Crippen MR) is 60.7 cm³/mol. The average molecular weight is 222 g/mol. The summed E-state index contributed by atoms with van der Waals surface area (Å²) in [6, 6.07) is 0.0797. The maximum absolute atomic E-state index is 11.6. The molecule has 5 nitrogen and oxygen atoms in total. The first-order valence-electron chi connectivity index (χ1n) is 5.56. The van der Waals surface area contributed by atoms with Gasteiger partial charge >= 0.3 is 0 Å². The highest BCUT2D eigenvalue weighted by atomic mass is 16.2. The Kier molecular flexibility index (Phi) is 2.71. The summed E-state index contributed by atoms with van der Waals surface area (Å²) in [5.41, 5.74) is 6.00. The smallest absolute Gasteiger partial charge is 0.224 e. The fourth-order valence-electron chi connectivity index (χ4n) is 2.25. The first-order valence-corrected chi connectivity index (χ1v) is 5.56. The largest absolute Gasteiger partial charge is 0.334 e. The average Bonchev–Trinajstić information content (AvgIpc) is 2.73. The van der Waals surface area contributed by atoms with Crippen molar-refractivity contribution in [2.45, 2.75) is 38.4 Å². The summed E-state index contributed by atoms with van der Waals surface area (Å²) in [6.45, 7) is 4.18. The molecule has 0 unspecified atom stereocenters. The summed E-state index contributed by atoms with van der Waals surface area (Å²) in [5.74, 6) is 0.978. The van der Waals surface area contributed by atoms with Gasteiger partial charge in [-0.25, -0.2) is 4.98 Å². The Morgan fingerprint density at radius 2 is 2.25 bits per heavy atom. The van der Waals surface area contributed by atoms with Crippen molar-refractivity contribution in [2.75, 3.05) is 7.05 Å². The number of imidazole rings is 1. The van der Waals surface area contributed by atoms with Crippen LogP contribution in [0.3, 0.4) is 0 Å². The zero-order valence-electron chi connectivity index (χ0n) is 9.92. The van der Waals surface area contributed by atoms with Gasteiger partial charge in [0.15, 0.2) is 0 Å². The maximum Gasteiger partial charge on any atom is 0.224 e. The van der Waals surface area contributed by atoms with Gasteiger partial charge in [0.05, 0.1) is 0 Å². The lowest BCUT2D eigenvalue weighted by atomic mass is 10.1. The van der Waals surface area contributed by atoms with Crippen molar-refractivity contribution in [3.05, 3.63) is 18.2 Å². The maximum atomic E-state index is 11.6. The molecular weight excluding hydrogens is 204 g/mol. The van der Waals surface area contributed by atoms with Crippen molar-refractivity contribution in [1.29, 1.82) is 0 Å². The molecule has 1 aromatic rings. The molecule has 0 spiro atoms. The molecular formula is C11H18N4O. The molecule has 1 saturated heterocycles. The van der Waals surface area contributed by atoms with Crippen molar-refractivity contribution < 1.29 is 4.79 Å². The van der Waals surface area contributed by atoms with Crippen LogP contribution in [0.2, 0.25) is 0 Å². The molecule has 1 amide bonds. The van der Waals surface area contributed by atoms with E-state index in [1.807, 2.05) is 6.20 Å². The predicted octanol–water partition coefficient (Wildman–Crippen LogP) is 0.695. The molecule has 0 aromatic carbocycles. The number of rotatable bonds is 2. The molecule has 0 saturated carbocycles. The first-order chi connectivity index (χ1) is 7.52. The second-order valence-corrected chi connectivity index (χ2v) is 4.60. The van der Waals surface area contributed by atoms with E-state index in [2.05, 4.69) is 23.4 Å². The minimum atomic E-state index is -0.155. The lowest BCUT2D eigenvalue weighted by molar-refractivity contribution is -0.127. The first kappa shape index (κ1) is 11.1. The standard InChI is InChI=1S/C11H18N4O/c1-7(2)15-5-4-13-11(15)10-8(12)6-9(16)14(10)3/h4-5,7-8,10H,6,12H2,1-3H3/t8-,10-/m0/s1. The third kappa shape index (κ3) is 1.61. The number of amides is 1. The second kappa shape index (κ2) is 3.90. The zero-order chi connectivity index (χ0) is 11.9. The van der Waals surface area contributed by atoms with Crippen LogP contribution in [0.1, 0.15) is 38.2 Å². The molecule has 1 fully saturated rings. The molecule has 88 valence electrons. The SMILES string of the molecule is CC(C)n1ccnc1[C@@H]1[C@@H](N)CC(=O)N1C. The molecule has 2 heterocycles. The Bertz CT molecular complexity index is 398. The third-order valence-corrected chi connectivity index (χ3v) is 3.15. The van der Waals surface area contributed by atoms with E-state index in [1.54, 1.807) is 18.1 Å². The minimum Gasteiger partial charge on any atom is -0.334 e. The highest BCUT2D eigenvalue weighted by Gasteiger charge is 2.38. The van der Waals surface area contributed by atoms with E-state index in [-0.39, 0.29) is 18.0 Å². The van der Waals surface area contributed by atoms with Crippen LogP contribution >= 0.6 is 0 Å². The normalized spacial score (nSPS) is 25.8.